The molecule has 0 radical (unpaired) electrons. The Morgan fingerprint density at radius 2 is 2.00 bits per heavy atom. The van der Waals surface area contributed by atoms with Crippen LogP contribution < -0.4 is 5.32 Å². The third kappa shape index (κ3) is 3.74. The molecule has 0 aromatic heterocycles. The van der Waals surface area contributed by atoms with Crippen molar-refractivity contribution in [1.29, 1.82) is 0 Å². The summed E-state index contributed by atoms with van der Waals surface area (Å²) in [4.78, 5) is 0. The molecule has 0 bridgehead atoms. The van der Waals surface area contributed by atoms with Crippen molar-refractivity contribution >= 4 is 15.9 Å². The zero-order chi connectivity index (χ0) is 12.9. The molecular formula is C12H17BrFNO2. The molecule has 1 aromatic carbocycles. The molecule has 0 spiro atoms. The van der Waals surface area contributed by atoms with Crippen LogP contribution in [0, 0.1) is 5.82 Å². The van der Waals surface area contributed by atoms with Crippen molar-refractivity contribution in [2.45, 2.75) is 25.4 Å². The lowest BCUT2D eigenvalue weighted by Crippen LogP contribution is -2.50. The van der Waals surface area contributed by atoms with E-state index in [0.717, 1.165) is 0 Å². The normalized spacial score (nSPS) is 11.8. The summed E-state index contributed by atoms with van der Waals surface area (Å²) in [6, 6.07) is 4.82. The van der Waals surface area contributed by atoms with Crippen LogP contribution in [0.1, 0.15) is 18.9 Å². The topological polar surface area (TPSA) is 52.5 Å². The van der Waals surface area contributed by atoms with Gasteiger partial charge in [0.2, 0.25) is 0 Å². The van der Waals surface area contributed by atoms with Gasteiger partial charge in [-0.3, -0.25) is 0 Å². The summed E-state index contributed by atoms with van der Waals surface area (Å²) in [7, 11) is 0. The number of nitrogens with one attached hydrogen (secondary N) is 1. The van der Waals surface area contributed by atoms with Gasteiger partial charge in [-0.25, -0.2) is 4.39 Å². The SMILES string of the molecule is CCC(CO)(CO)NCc1ccc(Br)cc1F. The van der Waals surface area contributed by atoms with Crippen molar-refractivity contribution in [1.82, 2.24) is 5.32 Å². The van der Waals surface area contributed by atoms with Crippen molar-refractivity contribution in [3.05, 3.63) is 34.1 Å². The third-order valence-corrected chi connectivity index (χ3v) is 3.44. The van der Waals surface area contributed by atoms with E-state index in [1.54, 1.807) is 12.1 Å². The molecule has 5 heteroatoms. The Hall–Kier alpha value is -0.490. The lowest BCUT2D eigenvalue weighted by atomic mass is 9.98. The summed E-state index contributed by atoms with van der Waals surface area (Å²) in [6.45, 7) is 1.77. The highest BCUT2D eigenvalue weighted by atomic mass is 79.9. The summed E-state index contributed by atoms with van der Waals surface area (Å²) in [5.74, 6) is -0.312. The van der Waals surface area contributed by atoms with Gasteiger partial charge in [0.25, 0.3) is 0 Å². The Bertz CT molecular complexity index is 361. The molecule has 0 heterocycles. The summed E-state index contributed by atoms with van der Waals surface area (Å²) >= 11 is 3.19. The largest absolute Gasteiger partial charge is 0.394 e. The van der Waals surface area contributed by atoms with Crippen LogP contribution in [-0.4, -0.2) is 29.0 Å². The van der Waals surface area contributed by atoms with Crippen LogP contribution in [0.3, 0.4) is 0 Å². The Morgan fingerprint density at radius 1 is 1.35 bits per heavy atom. The molecular weight excluding hydrogens is 289 g/mol. The molecule has 0 aliphatic carbocycles. The summed E-state index contributed by atoms with van der Waals surface area (Å²) in [6.07, 6.45) is 0.568. The molecule has 3 N–H and O–H groups in total. The van der Waals surface area contributed by atoms with Crippen LogP contribution in [0.4, 0.5) is 4.39 Å². The van der Waals surface area contributed by atoms with E-state index in [0.29, 0.717) is 16.5 Å². The Kier molecular flexibility index (Phi) is 5.52. The molecule has 0 unspecified atom stereocenters. The van der Waals surface area contributed by atoms with Gasteiger partial charge in [0.1, 0.15) is 5.82 Å². The number of rotatable bonds is 6. The highest BCUT2D eigenvalue weighted by Gasteiger charge is 2.25. The monoisotopic (exact) mass is 305 g/mol. The third-order valence-electron chi connectivity index (χ3n) is 2.95. The minimum absolute atomic E-state index is 0.182. The second-order valence-electron chi connectivity index (χ2n) is 4.04. The Labute approximate surface area is 109 Å². The van der Waals surface area contributed by atoms with E-state index in [1.165, 1.54) is 6.07 Å². The maximum atomic E-state index is 13.5. The Morgan fingerprint density at radius 3 is 2.47 bits per heavy atom. The van der Waals surface area contributed by atoms with Crippen LogP contribution in [0.2, 0.25) is 0 Å². The van der Waals surface area contributed by atoms with Gasteiger partial charge < -0.3 is 15.5 Å². The molecule has 0 aliphatic rings. The minimum Gasteiger partial charge on any atom is -0.394 e. The zero-order valence-electron chi connectivity index (χ0n) is 9.71. The van der Waals surface area contributed by atoms with Crippen molar-refractivity contribution < 1.29 is 14.6 Å². The van der Waals surface area contributed by atoms with Crippen LogP contribution in [0.5, 0.6) is 0 Å². The molecule has 3 nitrogen and oxygen atoms in total. The first-order chi connectivity index (χ1) is 8.06. The molecule has 0 aliphatic heterocycles. The van der Waals surface area contributed by atoms with Crippen LogP contribution >= 0.6 is 15.9 Å². The maximum Gasteiger partial charge on any atom is 0.128 e. The second kappa shape index (κ2) is 6.44. The van der Waals surface area contributed by atoms with Crippen molar-refractivity contribution in [3.63, 3.8) is 0 Å². The van der Waals surface area contributed by atoms with E-state index in [9.17, 15) is 14.6 Å². The summed E-state index contributed by atoms with van der Waals surface area (Å²) in [5, 5.41) is 21.5. The number of aliphatic hydroxyl groups is 2. The predicted molar refractivity (Wildman–Crippen MR) is 68.1 cm³/mol. The van der Waals surface area contributed by atoms with Crippen molar-refractivity contribution in [2.75, 3.05) is 13.2 Å². The first-order valence-corrected chi connectivity index (χ1v) is 6.27. The van der Waals surface area contributed by atoms with E-state index in [-0.39, 0.29) is 25.6 Å². The number of benzene rings is 1. The zero-order valence-corrected chi connectivity index (χ0v) is 11.3. The highest BCUT2D eigenvalue weighted by Crippen LogP contribution is 2.16. The summed E-state index contributed by atoms with van der Waals surface area (Å²) < 4.78 is 14.2. The van der Waals surface area contributed by atoms with Crippen LogP contribution in [0.15, 0.2) is 22.7 Å². The van der Waals surface area contributed by atoms with Gasteiger partial charge in [-0.05, 0) is 18.6 Å². The summed E-state index contributed by atoms with van der Waals surface area (Å²) in [5.41, 5.74) is -0.243. The molecule has 0 saturated carbocycles. The van der Waals surface area contributed by atoms with E-state index < -0.39 is 5.54 Å². The molecule has 0 amide bonds. The van der Waals surface area contributed by atoms with Gasteiger partial charge >= 0.3 is 0 Å². The van der Waals surface area contributed by atoms with Crippen LogP contribution in [0.25, 0.3) is 0 Å². The highest BCUT2D eigenvalue weighted by molar-refractivity contribution is 9.10. The van der Waals surface area contributed by atoms with Gasteiger partial charge in [0.15, 0.2) is 0 Å². The lowest BCUT2D eigenvalue weighted by molar-refractivity contribution is 0.0861. The molecule has 0 fully saturated rings. The van der Waals surface area contributed by atoms with Crippen LogP contribution in [-0.2, 0) is 6.54 Å². The molecule has 0 atom stereocenters. The van der Waals surface area contributed by atoms with Gasteiger partial charge in [0.05, 0.1) is 18.8 Å². The van der Waals surface area contributed by atoms with E-state index in [2.05, 4.69) is 21.2 Å². The second-order valence-corrected chi connectivity index (χ2v) is 4.96. The minimum atomic E-state index is -0.750. The average molecular weight is 306 g/mol. The van der Waals surface area contributed by atoms with Gasteiger partial charge in [-0.2, -0.15) is 0 Å². The number of hydrogen-bond acceptors (Lipinski definition) is 3. The first-order valence-electron chi connectivity index (χ1n) is 5.47. The number of hydrogen-bond donors (Lipinski definition) is 3. The first kappa shape index (κ1) is 14.6. The number of halogens is 2. The Balaban J connectivity index is 2.72. The predicted octanol–water partition coefficient (Wildman–Crippen LogP) is 1.81. The van der Waals surface area contributed by atoms with E-state index in [4.69, 9.17) is 0 Å². The van der Waals surface area contributed by atoms with Crippen molar-refractivity contribution in [2.24, 2.45) is 0 Å². The van der Waals surface area contributed by atoms with Gasteiger partial charge in [0, 0.05) is 16.6 Å². The standard InChI is InChI=1S/C12H17BrFNO2/c1-2-12(7-16,8-17)15-6-9-3-4-10(13)5-11(9)14/h3-5,15-17H,2,6-8H2,1H3. The lowest BCUT2D eigenvalue weighted by Gasteiger charge is -2.30. The quantitative estimate of drug-likeness (QED) is 0.751. The molecule has 17 heavy (non-hydrogen) atoms. The maximum absolute atomic E-state index is 13.5. The molecule has 1 rings (SSSR count). The molecule has 96 valence electrons. The fraction of sp³-hybridized carbons (Fsp3) is 0.500. The molecule has 1 aromatic rings. The van der Waals surface area contributed by atoms with E-state index in [1.807, 2.05) is 6.92 Å². The smallest absolute Gasteiger partial charge is 0.128 e. The fourth-order valence-electron chi connectivity index (χ4n) is 1.46. The van der Waals surface area contributed by atoms with E-state index >= 15 is 0 Å². The van der Waals surface area contributed by atoms with Gasteiger partial charge in [-0.15, -0.1) is 0 Å². The number of aliphatic hydroxyl groups excluding tert-OH is 2. The van der Waals surface area contributed by atoms with Crippen molar-refractivity contribution in [3.8, 4) is 0 Å². The average Bonchev–Trinajstić information content (AvgIpc) is 2.33. The fourth-order valence-corrected chi connectivity index (χ4v) is 1.79. The van der Waals surface area contributed by atoms with Gasteiger partial charge in [-0.1, -0.05) is 28.9 Å². The molecule has 0 saturated heterocycles.